The summed E-state index contributed by atoms with van der Waals surface area (Å²) in [5.74, 6) is -0.621. The van der Waals surface area contributed by atoms with Crippen molar-refractivity contribution < 1.29 is 27.9 Å². The maximum atomic E-state index is 12.8. The summed E-state index contributed by atoms with van der Waals surface area (Å²) >= 11 is 0. The molecule has 194 valence electrons. The zero-order valence-corrected chi connectivity index (χ0v) is 21.7. The van der Waals surface area contributed by atoms with Crippen LogP contribution in [0, 0.1) is 5.41 Å². The Hall–Kier alpha value is -3.33. The number of nitrogens with zero attached hydrogens (tertiary/aromatic N) is 1. The third-order valence-electron chi connectivity index (χ3n) is 8.49. The maximum absolute atomic E-state index is 12.8. The van der Waals surface area contributed by atoms with Crippen molar-refractivity contribution in [1.29, 1.82) is 0 Å². The van der Waals surface area contributed by atoms with Gasteiger partial charge in [-0.1, -0.05) is 25.3 Å². The van der Waals surface area contributed by atoms with Gasteiger partial charge in [0.1, 0.15) is 5.75 Å². The molecule has 6 rings (SSSR count). The SMILES string of the molecule is COc1ccc2c(c1)C1CC1(C(=O)O)Cn1c-2c(C2CCCCC2)c2ccc(C(=O)NS(C)(=O)=O)cc21. The van der Waals surface area contributed by atoms with Crippen molar-refractivity contribution in [3.63, 3.8) is 0 Å². The van der Waals surface area contributed by atoms with Crippen LogP contribution >= 0.6 is 0 Å². The molecule has 37 heavy (non-hydrogen) atoms. The molecule has 0 radical (unpaired) electrons. The summed E-state index contributed by atoms with van der Waals surface area (Å²) in [7, 11) is -2.11. The zero-order chi connectivity index (χ0) is 26.1. The van der Waals surface area contributed by atoms with E-state index in [1.54, 1.807) is 19.2 Å². The van der Waals surface area contributed by atoms with Gasteiger partial charge in [-0.15, -0.1) is 0 Å². The van der Waals surface area contributed by atoms with Crippen LogP contribution in [-0.4, -0.2) is 43.3 Å². The number of methoxy groups -OCH3 is 1. The average Bonchev–Trinajstić information content (AvgIpc) is 3.54. The van der Waals surface area contributed by atoms with E-state index in [0.717, 1.165) is 59.7 Å². The molecular formula is C28H30N2O6S. The van der Waals surface area contributed by atoms with E-state index in [9.17, 15) is 23.1 Å². The summed E-state index contributed by atoms with van der Waals surface area (Å²) in [4.78, 5) is 25.4. The van der Waals surface area contributed by atoms with Gasteiger partial charge in [-0.2, -0.15) is 0 Å². The lowest BCUT2D eigenvalue weighted by Gasteiger charge is -2.24. The molecule has 0 spiro atoms. The van der Waals surface area contributed by atoms with Gasteiger partial charge in [-0.3, -0.25) is 9.59 Å². The highest BCUT2D eigenvalue weighted by atomic mass is 32.2. The molecule has 3 aliphatic rings. The number of carbonyl (C=O) groups is 2. The molecule has 0 saturated heterocycles. The standard InChI is InChI=1S/C28H30N2O6S/c1-36-18-9-11-19-21(13-18)22-14-28(22,27(32)33)15-30-23-12-17(26(31)29-37(2,34)35)8-10-20(23)24(25(19)30)16-6-4-3-5-7-16/h8-13,16,22H,3-7,14-15H2,1-2H3,(H,29,31)(H,32,33). The van der Waals surface area contributed by atoms with Crippen molar-refractivity contribution in [2.75, 3.05) is 13.4 Å². The highest BCUT2D eigenvalue weighted by Crippen LogP contribution is 2.65. The number of hydrogen-bond donors (Lipinski definition) is 2. The third kappa shape index (κ3) is 3.82. The van der Waals surface area contributed by atoms with E-state index >= 15 is 0 Å². The van der Waals surface area contributed by atoms with Gasteiger partial charge in [0.15, 0.2) is 0 Å². The molecule has 2 aliphatic carbocycles. The van der Waals surface area contributed by atoms with Crippen molar-refractivity contribution in [2.24, 2.45) is 5.41 Å². The van der Waals surface area contributed by atoms with Crippen LogP contribution in [-0.2, 0) is 21.4 Å². The Kier molecular flexibility index (Phi) is 5.42. The minimum atomic E-state index is -3.73. The number of aliphatic carboxylic acids is 1. The molecule has 2 saturated carbocycles. The highest BCUT2D eigenvalue weighted by Gasteiger charge is 2.63. The Morgan fingerprint density at radius 1 is 1.11 bits per heavy atom. The summed E-state index contributed by atoms with van der Waals surface area (Å²) in [6, 6.07) is 11.2. The first-order chi connectivity index (χ1) is 17.6. The first-order valence-corrected chi connectivity index (χ1v) is 14.6. The van der Waals surface area contributed by atoms with Crippen molar-refractivity contribution in [2.45, 2.75) is 56.9 Å². The molecule has 2 heterocycles. The molecule has 2 atom stereocenters. The molecule has 2 fully saturated rings. The first kappa shape index (κ1) is 24.0. The van der Waals surface area contributed by atoms with Crippen LogP contribution in [0.15, 0.2) is 36.4 Å². The second-order valence-electron chi connectivity index (χ2n) is 10.8. The Labute approximate surface area is 215 Å². The van der Waals surface area contributed by atoms with E-state index in [0.29, 0.717) is 24.6 Å². The summed E-state index contributed by atoms with van der Waals surface area (Å²) < 4.78 is 33.1. The molecule has 2 unspecified atom stereocenters. The van der Waals surface area contributed by atoms with Gasteiger partial charge >= 0.3 is 5.97 Å². The highest BCUT2D eigenvalue weighted by molar-refractivity contribution is 7.89. The second-order valence-corrected chi connectivity index (χ2v) is 12.5. The van der Waals surface area contributed by atoms with E-state index in [1.807, 2.05) is 29.0 Å². The van der Waals surface area contributed by atoms with Crippen molar-refractivity contribution in [3.8, 4) is 17.0 Å². The van der Waals surface area contributed by atoms with Crippen LogP contribution in [0.4, 0.5) is 0 Å². The number of nitrogens with one attached hydrogen (secondary N) is 1. The number of fused-ring (bicyclic) bond motifs is 7. The molecule has 2 aromatic carbocycles. The second kappa shape index (κ2) is 8.34. The van der Waals surface area contributed by atoms with Gasteiger partial charge in [0.25, 0.3) is 5.91 Å². The van der Waals surface area contributed by atoms with E-state index in [1.165, 1.54) is 12.0 Å². The molecule has 1 aliphatic heterocycles. The fraction of sp³-hybridized carbons (Fsp3) is 0.429. The van der Waals surface area contributed by atoms with Crippen LogP contribution in [0.3, 0.4) is 0 Å². The summed E-state index contributed by atoms with van der Waals surface area (Å²) in [6.07, 6.45) is 7.09. The van der Waals surface area contributed by atoms with Gasteiger partial charge in [-0.05, 0) is 66.6 Å². The van der Waals surface area contributed by atoms with Crippen molar-refractivity contribution in [3.05, 3.63) is 53.1 Å². The Balaban J connectivity index is 1.64. The molecule has 8 nitrogen and oxygen atoms in total. The summed E-state index contributed by atoms with van der Waals surface area (Å²) in [6.45, 7) is 0.291. The van der Waals surface area contributed by atoms with Crippen LogP contribution in [0.2, 0.25) is 0 Å². The topological polar surface area (TPSA) is 115 Å². The number of carboxylic acids is 1. The van der Waals surface area contributed by atoms with Crippen molar-refractivity contribution >= 4 is 32.8 Å². The summed E-state index contributed by atoms with van der Waals surface area (Å²) in [5, 5.41) is 11.4. The largest absolute Gasteiger partial charge is 0.497 e. The molecular weight excluding hydrogens is 492 g/mol. The third-order valence-corrected chi connectivity index (χ3v) is 9.04. The van der Waals surface area contributed by atoms with Gasteiger partial charge in [0.2, 0.25) is 10.0 Å². The average molecular weight is 523 g/mol. The predicted molar refractivity (Wildman–Crippen MR) is 139 cm³/mol. The number of rotatable bonds is 5. The monoisotopic (exact) mass is 522 g/mol. The minimum Gasteiger partial charge on any atom is -0.497 e. The van der Waals surface area contributed by atoms with E-state index < -0.39 is 27.3 Å². The lowest BCUT2D eigenvalue weighted by atomic mass is 9.81. The summed E-state index contributed by atoms with van der Waals surface area (Å²) in [5.41, 5.74) is 4.30. The van der Waals surface area contributed by atoms with Crippen LogP contribution in [0.5, 0.6) is 5.75 Å². The van der Waals surface area contributed by atoms with E-state index in [-0.39, 0.29) is 11.5 Å². The number of aromatic nitrogens is 1. The normalized spacial score (nSPS) is 22.9. The maximum Gasteiger partial charge on any atom is 0.312 e. The first-order valence-electron chi connectivity index (χ1n) is 12.7. The van der Waals surface area contributed by atoms with Crippen LogP contribution in [0.1, 0.15) is 71.8 Å². The molecule has 3 aromatic rings. The fourth-order valence-electron chi connectivity index (χ4n) is 6.65. The quantitative estimate of drug-likeness (QED) is 0.505. The number of sulfonamides is 1. The predicted octanol–water partition coefficient (Wildman–Crippen LogP) is 4.63. The molecule has 1 amide bonds. The Morgan fingerprint density at radius 3 is 2.54 bits per heavy atom. The number of carboxylic acid groups (broad SMARTS) is 1. The molecule has 2 N–H and O–H groups in total. The fourth-order valence-corrected chi connectivity index (χ4v) is 7.10. The number of carbonyl (C=O) groups excluding carboxylic acids is 1. The number of benzene rings is 2. The van der Waals surface area contributed by atoms with E-state index in [4.69, 9.17) is 4.74 Å². The van der Waals surface area contributed by atoms with Crippen LogP contribution in [0.25, 0.3) is 22.2 Å². The van der Waals surface area contributed by atoms with Gasteiger partial charge in [0.05, 0.1) is 24.5 Å². The number of amides is 1. The van der Waals surface area contributed by atoms with Crippen LogP contribution < -0.4 is 9.46 Å². The molecule has 9 heteroatoms. The smallest absolute Gasteiger partial charge is 0.312 e. The molecule has 0 bridgehead atoms. The zero-order valence-electron chi connectivity index (χ0n) is 20.9. The van der Waals surface area contributed by atoms with E-state index in [2.05, 4.69) is 4.57 Å². The van der Waals surface area contributed by atoms with Gasteiger partial charge < -0.3 is 14.4 Å². The minimum absolute atomic E-state index is 0.124. The number of hydrogen-bond acceptors (Lipinski definition) is 5. The van der Waals surface area contributed by atoms with Gasteiger partial charge in [-0.25, -0.2) is 13.1 Å². The molecule has 1 aromatic heterocycles. The number of ether oxygens (including phenoxy) is 1. The Bertz CT molecular complexity index is 1570. The van der Waals surface area contributed by atoms with Crippen molar-refractivity contribution in [1.82, 2.24) is 9.29 Å². The lowest BCUT2D eigenvalue weighted by Crippen LogP contribution is -2.29. The Morgan fingerprint density at radius 2 is 1.86 bits per heavy atom. The van der Waals surface area contributed by atoms with Gasteiger partial charge in [0, 0.05) is 34.5 Å². The lowest BCUT2D eigenvalue weighted by molar-refractivity contribution is -0.144.